The van der Waals surface area contributed by atoms with E-state index in [9.17, 15) is 26.7 Å². The van der Waals surface area contributed by atoms with E-state index >= 15 is 0 Å². The summed E-state index contributed by atoms with van der Waals surface area (Å²) < 4.78 is 74.3. The second-order valence-electron chi connectivity index (χ2n) is 6.37. The molecule has 0 unspecified atom stereocenters. The number of nitrogens with one attached hydrogen (secondary N) is 1. The Morgan fingerprint density at radius 2 is 1.67 bits per heavy atom. The largest absolute Gasteiger partial charge is 0.491 e. The standard InChI is InChI=1S/C20H16F5N3O2/c1-3-30-17-7-16(10(2)4-12(17)21)26-20-27-19(29)15(24)9-28(20)8-11-5-13(22)18(25)14(23)6-11/h4-7,9H,3,8H2,1-2H3,(H,26,27,29). The molecule has 0 bridgehead atoms. The number of nitrogens with zero attached hydrogens (tertiary/aromatic N) is 2. The van der Waals surface area contributed by atoms with Gasteiger partial charge in [0.05, 0.1) is 13.2 Å². The van der Waals surface area contributed by atoms with Crippen molar-refractivity contribution < 1.29 is 26.7 Å². The third kappa shape index (κ3) is 4.42. The van der Waals surface area contributed by atoms with Crippen LogP contribution in [0.15, 0.2) is 35.3 Å². The molecule has 1 N–H and O–H groups in total. The summed E-state index contributed by atoms with van der Waals surface area (Å²) in [5.74, 6) is -6.48. The van der Waals surface area contributed by atoms with Crippen molar-refractivity contribution in [2.75, 3.05) is 11.9 Å². The number of hydrogen-bond donors (Lipinski definition) is 1. The van der Waals surface area contributed by atoms with E-state index in [2.05, 4.69) is 10.3 Å². The number of hydrogen-bond acceptors (Lipinski definition) is 4. The Hall–Kier alpha value is -3.43. The summed E-state index contributed by atoms with van der Waals surface area (Å²) in [5.41, 5.74) is -0.469. The average molecular weight is 425 g/mol. The average Bonchev–Trinajstić information content (AvgIpc) is 2.67. The number of ether oxygens (including phenoxy) is 1. The van der Waals surface area contributed by atoms with E-state index in [-0.39, 0.29) is 30.4 Å². The van der Waals surface area contributed by atoms with Crippen LogP contribution < -0.4 is 15.6 Å². The number of aromatic nitrogens is 2. The number of halogens is 5. The molecule has 30 heavy (non-hydrogen) atoms. The Morgan fingerprint density at radius 3 is 2.30 bits per heavy atom. The van der Waals surface area contributed by atoms with Crippen LogP contribution in [0.25, 0.3) is 0 Å². The molecular formula is C20H16F5N3O2. The van der Waals surface area contributed by atoms with Gasteiger partial charge in [-0.3, -0.25) is 4.79 Å². The highest BCUT2D eigenvalue weighted by Crippen LogP contribution is 2.28. The van der Waals surface area contributed by atoms with Crippen LogP contribution in [0.2, 0.25) is 0 Å². The Balaban J connectivity index is 2.03. The Labute approximate surface area is 167 Å². The highest BCUT2D eigenvalue weighted by molar-refractivity contribution is 5.61. The summed E-state index contributed by atoms with van der Waals surface area (Å²) in [7, 11) is 0. The molecule has 2 aromatic carbocycles. The van der Waals surface area contributed by atoms with Crippen molar-refractivity contribution in [3.05, 3.63) is 81.0 Å². The number of rotatable bonds is 6. The molecular weight excluding hydrogens is 409 g/mol. The minimum atomic E-state index is -1.63. The highest BCUT2D eigenvalue weighted by Gasteiger charge is 2.15. The molecule has 0 amide bonds. The van der Waals surface area contributed by atoms with Crippen molar-refractivity contribution in [1.82, 2.24) is 9.55 Å². The first-order valence-electron chi connectivity index (χ1n) is 8.80. The van der Waals surface area contributed by atoms with Gasteiger partial charge in [-0.05, 0) is 43.2 Å². The molecule has 3 aromatic rings. The fraction of sp³-hybridized carbons (Fsp3) is 0.200. The normalized spacial score (nSPS) is 10.9. The molecule has 3 rings (SSSR count). The van der Waals surface area contributed by atoms with E-state index in [1.807, 2.05) is 0 Å². The van der Waals surface area contributed by atoms with E-state index in [0.717, 1.165) is 22.9 Å². The molecule has 0 saturated carbocycles. The number of benzene rings is 2. The molecule has 0 aliphatic heterocycles. The smallest absolute Gasteiger partial charge is 0.310 e. The second-order valence-corrected chi connectivity index (χ2v) is 6.37. The first kappa shape index (κ1) is 21.3. The number of aryl methyl sites for hydroxylation is 1. The minimum absolute atomic E-state index is 0.0369. The first-order valence-corrected chi connectivity index (χ1v) is 8.80. The lowest BCUT2D eigenvalue weighted by Gasteiger charge is -2.17. The Bertz CT molecular complexity index is 1140. The van der Waals surface area contributed by atoms with E-state index in [1.54, 1.807) is 13.8 Å². The molecule has 0 aliphatic carbocycles. The van der Waals surface area contributed by atoms with Crippen LogP contribution in [0, 0.1) is 36.0 Å². The van der Waals surface area contributed by atoms with Gasteiger partial charge in [0.25, 0.3) is 0 Å². The first-order chi connectivity index (χ1) is 14.2. The van der Waals surface area contributed by atoms with Crippen molar-refractivity contribution in [2.45, 2.75) is 20.4 Å². The lowest BCUT2D eigenvalue weighted by atomic mass is 10.2. The molecule has 0 radical (unpaired) electrons. The van der Waals surface area contributed by atoms with Crippen molar-refractivity contribution in [3.63, 3.8) is 0 Å². The van der Waals surface area contributed by atoms with E-state index in [1.165, 1.54) is 12.1 Å². The van der Waals surface area contributed by atoms with Crippen molar-refractivity contribution in [2.24, 2.45) is 0 Å². The van der Waals surface area contributed by atoms with Gasteiger partial charge in [-0.15, -0.1) is 0 Å². The number of anilines is 2. The maximum Gasteiger partial charge on any atom is 0.310 e. The maximum absolute atomic E-state index is 14.0. The van der Waals surface area contributed by atoms with Crippen molar-refractivity contribution in [1.29, 1.82) is 0 Å². The molecule has 5 nitrogen and oxygen atoms in total. The van der Waals surface area contributed by atoms with Gasteiger partial charge in [0, 0.05) is 18.0 Å². The minimum Gasteiger partial charge on any atom is -0.491 e. The van der Waals surface area contributed by atoms with Crippen molar-refractivity contribution >= 4 is 11.6 Å². The SMILES string of the molecule is CCOc1cc(Nc2nc(=O)c(F)cn2Cc2cc(F)c(F)c(F)c2)c(C)cc1F. The van der Waals surface area contributed by atoms with Crippen LogP contribution in [0.4, 0.5) is 33.6 Å². The summed E-state index contributed by atoms with van der Waals surface area (Å²) in [5, 5.41) is 2.77. The summed E-state index contributed by atoms with van der Waals surface area (Å²) in [4.78, 5) is 15.3. The summed E-state index contributed by atoms with van der Waals surface area (Å²) >= 11 is 0. The van der Waals surface area contributed by atoms with Crippen LogP contribution in [0.3, 0.4) is 0 Å². The third-order valence-electron chi connectivity index (χ3n) is 4.17. The molecule has 158 valence electrons. The molecule has 1 heterocycles. The van der Waals surface area contributed by atoms with Gasteiger partial charge >= 0.3 is 5.56 Å². The van der Waals surface area contributed by atoms with E-state index in [0.29, 0.717) is 11.3 Å². The van der Waals surface area contributed by atoms with E-state index < -0.39 is 34.6 Å². The van der Waals surface area contributed by atoms with Gasteiger partial charge in [0.2, 0.25) is 11.8 Å². The van der Waals surface area contributed by atoms with Crippen LogP contribution in [-0.2, 0) is 6.54 Å². The molecule has 0 saturated heterocycles. The topological polar surface area (TPSA) is 56.1 Å². The monoisotopic (exact) mass is 425 g/mol. The zero-order valence-corrected chi connectivity index (χ0v) is 15.9. The van der Waals surface area contributed by atoms with Gasteiger partial charge in [0.15, 0.2) is 29.0 Å². The molecule has 0 spiro atoms. The van der Waals surface area contributed by atoms with E-state index in [4.69, 9.17) is 4.74 Å². The zero-order chi connectivity index (χ0) is 22.0. The lowest BCUT2D eigenvalue weighted by Crippen LogP contribution is -2.20. The quantitative estimate of drug-likeness (QED) is 0.469. The Kier molecular flexibility index (Phi) is 6.04. The van der Waals surface area contributed by atoms with Crippen LogP contribution in [0.5, 0.6) is 5.75 Å². The molecule has 0 aliphatic rings. The molecule has 1 aromatic heterocycles. The van der Waals surface area contributed by atoms with Crippen molar-refractivity contribution in [3.8, 4) is 5.75 Å². The Morgan fingerprint density at radius 1 is 1.00 bits per heavy atom. The third-order valence-corrected chi connectivity index (χ3v) is 4.17. The zero-order valence-electron chi connectivity index (χ0n) is 15.9. The molecule has 10 heteroatoms. The maximum atomic E-state index is 14.0. The van der Waals surface area contributed by atoms with Gasteiger partial charge in [0.1, 0.15) is 0 Å². The second kappa shape index (κ2) is 8.52. The summed E-state index contributed by atoms with van der Waals surface area (Å²) in [6.45, 7) is 3.13. The lowest BCUT2D eigenvalue weighted by molar-refractivity contribution is 0.321. The fourth-order valence-corrected chi connectivity index (χ4v) is 2.76. The van der Waals surface area contributed by atoms with Crippen LogP contribution in [-0.4, -0.2) is 16.2 Å². The summed E-state index contributed by atoms with van der Waals surface area (Å²) in [6.07, 6.45) is 0.791. The van der Waals surface area contributed by atoms with Gasteiger partial charge in [-0.25, -0.2) is 17.6 Å². The molecule has 0 fully saturated rings. The fourth-order valence-electron chi connectivity index (χ4n) is 2.76. The predicted molar refractivity (Wildman–Crippen MR) is 99.5 cm³/mol. The van der Waals surface area contributed by atoms with Crippen LogP contribution >= 0.6 is 0 Å². The summed E-state index contributed by atoms with van der Waals surface area (Å²) in [6, 6.07) is 4.03. The van der Waals surface area contributed by atoms with Gasteiger partial charge < -0.3 is 14.6 Å². The molecule has 0 atom stereocenters. The van der Waals surface area contributed by atoms with Gasteiger partial charge in [-0.1, -0.05) is 0 Å². The predicted octanol–water partition coefficient (Wildman–Crippen LogP) is 4.44. The van der Waals surface area contributed by atoms with Gasteiger partial charge in [-0.2, -0.15) is 9.37 Å². The highest BCUT2D eigenvalue weighted by atomic mass is 19.2. The van der Waals surface area contributed by atoms with Crippen LogP contribution in [0.1, 0.15) is 18.1 Å².